The van der Waals surface area contributed by atoms with Crippen LogP contribution < -0.4 is 0 Å². The number of nitrogens with zero attached hydrogens (tertiary/aromatic N) is 3. The third kappa shape index (κ3) is 3.58. The lowest BCUT2D eigenvalue weighted by atomic mass is 10.1. The van der Waals surface area contributed by atoms with Crippen LogP contribution in [0.25, 0.3) is 0 Å². The largest absolute Gasteiger partial charge is 0.360 e. The Bertz CT molecular complexity index is 750. The fraction of sp³-hybridized carbons (Fsp3) is 0.474. The lowest BCUT2D eigenvalue weighted by molar-refractivity contribution is -0.134. The summed E-state index contributed by atoms with van der Waals surface area (Å²) in [5.41, 5.74) is 1.96. The number of aryl methyl sites for hydroxylation is 1. The Morgan fingerprint density at radius 2 is 1.96 bits per heavy atom. The fourth-order valence-corrected chi connectivity index (χ4v) is 3.62. The zero-order valence-corrected chi connectivity index (χ0v) is 14.3. The van der Waals surface area contributed by atoms with Crippen molar-refractivity contribution in [3.63, 3.8) is 0 Å². The van der Waals surface area contributed by atoms with Gasteiger partial charge in [-0.2, -0.15) is 0 Å². The molecule has 1 aliphatic carbocycles. The lowest BCUT2D eigenvalue weighted by Crippen LogP contribution is -2.48. The molecule has 1 aromatic heterocycles. The molecule has 2 aromatic rings. The van der Waals surface area contributed by atoms with Crippen molar-refractivity contribution in [2.75, 3.05) is 26.2 Å². The van der Waals surface area contributed by atoms with E-state index < -0.39 is 0 Å². The fourth-order valence-electron chi connectivity index (χ4n) is 3.62. The molecule has 2 heterocycles. The summed E-state index contributed by atoms with van der Waals surface area (Å²) in [6, 6.07) is 8.49. The summed E-state index contributed by atoms with van der Waals surface area (Å²) in [6.07, 6.45) is 0.877. The number of hydrogen-bond donors (Lipinski definition) is 0. The van der Waals surface area contributed by atoms with E-state index in [1.54, 1.807) is 12.1 Å². The van der Waals surface area contributed by atoms with Crippen LogP contribution in [0.4, 0.5) is 4.39 Å². The van der Waals surface area contributed by atoms with Gasteiger partial charge in [0.25, 0.3) is 0 Å². The molecule has 1 aliphatic heterocycles. The highest BCUT2D eigenvalue weighted by atomic mass is 19.1. The Morgan fingerprint density at radius 1 is 1.24 bits per heavy atom. The average molecular weight is 343 g/mol. The number of halogens is 1. The Labute approximate surface area is 146 Å². The monoisotopic (exact) mass is 343 g/mol. The van der Waals surface area contributed by atoms with Gasteiger partial charge >= 0.3 is 0 Å². The molecule has 1 saturated heterocycles. The molecule has 1 aromatic carbocycles. The van der Waals surface area contributed by atoms with Crippen LogP contribution in [-0.4, -0.2) is 47.0 Å². The first-order chi connectivity index (χ1) is 12.1. The highest BCUT2D eigenvalue weighted by Crippen LogP contribution is 2.48. The Balaban J connectivity index is 1.28. The van der Waals surface area contributed by atoms with Crippen molar-refractivity contribution >= 4 is 5.91 Å². The van der Waals surface area contributed by atoms with Crippen LogP contribution in [0.2, 0.25) is 0 Å². The minimum atomic E-state index is -0.231. The smallest absolute Gasteiger partial charge is 0.226 e. The Kier molecular flexibility index (Phi) is 4.29. The Hall–Kier alpha value is -2.21. The van der Waals surface area contributed by atoms with Crippen LogP contribution in [0.3, 0.4) is 0 Å². The van der Waals surface area contributed by atoms with E-state index >= 15 is 0 Å². The normalized spacial score (nSPS) is 23.7. The van der Waals surface area contributed by atoms with Gasteiger partial charge in [-0.15, -0.1) is 0 Å². The third-order valence-electron chi connectivity index (χ3n) is 5.15. The molecule has 0 bridgehead atoms. The number of amides is 1. The molecular weight excluding hydrogens is 321 g/mol. The molecule has 6 heteroatoms. The molecule has 2 atom stereocenters. The van der Waals surface area contributed by atoms with Gasteiger partial charge in [0.2, 0.25) is 5.91 Å². The van der Waals surface area contributed by atoms with Gasteiger partial charge in [0.15, 0.2) is 5.76 Å². The van der Waals surface area contributed by atoms with Gasteiger partial charge in [0.05, 0.1) is 12.2 Å². The molecule has 0 unspecified atom stereocenters. The van der Waals surface area contributed by atoms with E-state index in [-0.39, 0.29) is 23.6 Å². The first-order valence-electron chi connectivity index (χ1n) is 8.79. The van der Waals surface area contributed by atoms with Crippen molar-refractivity contribution in [3.05, 3.63) is 53.2 Å². The summed E-state index contributed by atoms with van der Waals surface area (Å²) in [4.78, 5) is 16.9. The molecule has 1 saturated carbocycles. The van der Waals surface area contributed by atoms with Crippen molar-refractivity contribution < 1.29 is 13.7 Å². The SMILES string of the molecule is Cc1cc(CN2CCN(C(=O)[C@@H]3C[C@H]3c3ccc(F)cc3)CC2)on1. The lowest BCUT2D eigenvalue weighted by Gasteiger charge is -2.34. The molecule has 0 radical (unpaired) electrons. The highest BCUT2D eigenvalue weighted by molar-refractivity contribution is 5.83. The maximum absolute atomic E-state index is 13.0. The zero-order valence-electron chi connectivity index (χ0n) is 14.3. The average Bonchev–Trinajstić information content (AvgIpc) is 3.31. The number of carbonyl (C=O) groups excluding carboxylic acids is 1. The number of rotatable bonds is 4. The summed E-state index contributed by atoms with van der Waals surface area (Å²) in [5, 5.41) is 3.91. The number of carbonyl (C=O) groups is 1. The molecule has 5 nitrogen and oxygen atoms in total. The maximum Gasteiger partial charge on any atom is 0.226 e. The molecule has 0 spiro atoms. The molecule has 132 valence electrons. The van der Waals surface area contributed by atoms with Gasteiger partial charge in [0.1, 0.15) is 5.82 Å². The van der Waals surface area contributed by atoms with Gasteiger partial charge < -0.3 is 9.42 Å². The quantitative estimate of drug-likeness (QED) is 0.856. The summed E-state index contributed by atoms with van der Waals surface area (Å²) >= 11 is 0. The molecule has 4 rings (SSSR count). The number of benzene rings is 1. The van der Waals surface area contributed by atoms with Gasteiger partial charge in [-0.3, -0.25) is 9.69 Å². The standard InChI is InChI=1S/C19H22FN3O2/c1-13-10-16(25-21-13)12-22-6-8-23(9-7-22)19(24)18-11-17(18)14-2-4-15(20)5-3-14/h2-5,10,17-18H,6-9,11-12H2,1H3/t17-,18+/m0/s1. The van der Waals surface area contributed by atoms with Crippen molar-refractivity contribution in [2.24, 2.45) is 5.92 Å². The second-order valence-corrected chi connectivity index (χ2v) is 7.04. The maximum atomic E-state index is 13.0. The molecule has 1 amide bonds. The Morgan fingerprint density at radius 3 is 2.60 bits per heavy atom. The van der Waals surface area contributed by atoms with Gasteiger partial charge in [-0.1, -0.05) is 17.3 Å². The summed E-state index contributed by atoms with van der Waals surface area (Å²) in [7, 11) is 0. The minimum Gasteiger partial charge on any atom is -0.360 e. The van der Waals surface area contributed by atoms with Crippen molar-refractivity contribution in [1.29, 1.82) is 0 Å². The van der Waals surface area contributed by atoms with E-state index in [0.717, 1.165) is 56.2 Å². The third-order valence-corrected chi connectivity index (χ3v) is 5.15. The summed E-state index contributed by atoms with van der Waals surface area (Å²) < 4.78 is 18.3. The van der Waals surface area contributed by atoms with Crippen LogP contribution in [0.15, 0.2) is 34.9 Å². The predicted octanol–water partition coefficient (Wildman–Crippen LogP) is 2.57. The molecule has 2 aliphatic rings. The highest BCUT2D eigenvalue weighted by Gasteiger charge is 2.46. The zero-order chi connectivity index (χ0) is 17.4. The molecular formula is C19H22FN3O2. The predicted molar refractivity (Wildman–Crippen MR) is 90.3 cm³/mol. The van der Waals surface area contributed by atoms with E-state index in [1.165, 1.54) is 12.1 Å². The summed E-state index contributed by atoms with van der Waals surface area (Å²) in [6.45, 7) is 5.84. The van der Waals surface area contributed by atoms with E-state index in [4.69, 9.17) is 4.52 Å². The second kappa shape index (κ2) is 6.59. The molecule has 0 N–H and O–H groups in total. The van der Waals surface area contributed by atoms with E-state index in [9.17, 15) is 9.18 Å². The van der Waals surface area contributed by atoms with Crippen molar-refractivity contribution in [2.45, 2.75) is 25.8 Å². The van der Waals surface area contributed by atoms with Crippen LogP contribution in [0.5, 0.6) is 0 Å². The topological polar surface area (TPSA) is 49.6 Å². The first kappa shape index (κ1) is 16.3. The number of aromatic nitrogens is 1. The number of piperazine rings is 1. The van der Waals surface area contributed by atoms with Crippen molar-refractivity contribution in [1.82, 2.24) is 15.0 Å². The van der Waals surface area contributed by atoms with E-state index in [1.807, 2.05) is 17.9 Å². The minimum absolute atomic E-state index is 0.0638. The summed E-state index contributed by atoms with van der Waals surface area (Å²) in [5.74, 6) is 1.20. The second-order valence-electron chi connectivity index (χ2n) is 7.04. The van der Waals surface area contributed by atoms with Gasteiger partial charge in [-0.25, -0.2) is 4.39 Å². The number of hydrogen-bond acceptors (Lipinski definition) is 4. The van der Waals surface area contributed by atoms with Gasteiger partial charge in [-0.05, 0) is 37.0 Å². The van der Waals surface area contributed by atoms with E-state index in [2.05, 4.69) is 10.1 Å². The molecule has 2 fully saturated rings. The molecule has 25 heavy (non-hydrogen) atoms. The van der Waals surface area contributed by atoms with Crippen LogP contribution in [-0.2, 0) is 11.3 Å². The van der Waals surface area contributed by atoms with Gasteiger partial charge in [0, 0.05) is 38.2 Å². The van der Waals surface area contributed by atoms with Crippen molar-refractivity contribution in [3.8, 4) is 0 Å². The van der Waals surface area contributed by atoms with Crippen LogP contribution in [0.1, 0.15) is 29.4 Å². The van der Waals surface area contributed by atoms with Crippen LogP contribution >= 0.6 is 0 Å². The van der Waals surface area contributed by atoms with E-state index in [0.29, 0.717) is 0 Å². The first-order valence-corrected chi connectivity index (χ1v) is 8.79. The van der Waals surface area contributed by atoms with Crippen LogP contribution in [0, 0.1) is 18.7 Å².